The maximum atomic E-state index is 12.6. The van der Waals surface area contributed by atoms with Crippen LogP contribution in [0.1, 0.15) is 22.1 Å². The number of fused-ring (bicyclic) bond motifs is 1. The van der Waals surface area contributed by atoms with E-state index in [0.29, 0.717) is 10.7 Å². The van der Waals surface area contributed by atoms with Crippen LogP contribution in [0.15, 0.2) is 55.1 Å². The van der Waals surface area contributed by atoms with Gasteiger partial charge < -0.3 is 20.4 Å². The predicted octanol–water partition coefficient (Wildman–Crippen LogP) is 3.07. The van der Waals surface area contributed by atoms with E-state index in [1.165, 1.54) is 6.33 Å². The van der Waals surface area contributed by atoms with Crippen LogP contribution in [0.4, 0.5) is 0 Å². The van der Waals surface area contributed by atoms with Crippen LogP contribution < -0.4 is 5.32 Å². The summed E-state index contributed by atoms with van der Waals surface area (Å²) in [6.07, 6.45) is 4.98. The Labute approximate surface area is 159 Å². The number of aromatic amines is 2. The third kappa shape index (κ3) is 3.42. The Morgan fingerprint density at radius 3 is 2.93 bits per heavy atom. The lowest BCUT2D eigenvalue weighted by Crippen LogP contribution is -2.31. The van der Waals surface area contributed by atoms with Crippen molar-refractivity contribution in [3.63, 3.8) is 0 Å². The number of carbonyl (C=O) groups is 1. The molecule has 0 aliphatic rings. The lowest BCUT2D eigenvalue weighted by atomic mass is 10.1. The maximum absolute atomic E-state index is 12.6. The molecule has 0 saturated carbocycles. The third-order valence-corrected chi connectivity index (χ3v) is 4.53. The SMILES string of the molecule is O=C(NC(CO)c1cccc(Cl)c1)c1cc(-c2ncnc3[nH]ccc23)c[nH]1. The van der Waals surface area contributed by atoms with Crippen molar-refractivity contribution in [1.29, 1.82) is 0 Å². The summed E-state index contributed by atoms with van der Waals surface area (Å²) >= 11 is 5.99. The van der Waals surface area contributed by atoms with Gasteiger partial charge in [-0.05, 0) is 29.8 Å². The van der Waals surface area contributed by atoms with E-state index in [1.54, 1.807) is 42.7 Å². The highest BCUT2D eigenvalue weighted by molar-refractivity contribution is 6.30. The quantitative estimate of drug-likeness (QED) is 0.426. The Balaban J connectivity index is 1.57. The normalized spacial score (nSPS) is 12.2. The lowest BCUT2D eigenvalue weighted by Gasteiger charge is -2.16. The first-order valence-electron chi connectivity index (χ1n) is 8.30. The van der Waals surface area contributed by atoms with Gasteiger partial charge in [0.2, 0.25) is 0 Å². The monoisotopic (exact) mass is 381 g/mol. The summed E-state index contributed by atoms with van der Waals surface area (Å²) in [6, 6.07) is 10.1. The van der Waals surface area contributed by atoms with Gasteiger partial charge in [-0.25, -0.2) is 9.97 Å². The minimum Gasteiger partial charge on any atom is -0.394 e. The van der Waals surface area contributed by atoms with Crippen LogP contribution in [0, 0.1) is 0 Å². The number of aliphatic hydroxyl groups is 1. The van der Waals surface area contributed by atoms with Crippen LogP contribution in [-0.2, 0) is 0 Å². The van der Waals surface area contributed by atoms with Crippen molar-refractivity contribution in [2.24, 2.45) is 0 Å². The molecule has 27 heavy (non-hydrogen) atoms. The molecule has 0 aliphatic carbocycles. The highest BCUT2D eigenvalue weighted by Crippen LogP contribution is 2.25. The number of carbonyl (C=O) groups excluding carboxylic acids is 1. The van der Waals surface area contributed by atoms with Crippen molar-refractivity contribution in [3.05, 3.63) is 71.4 Å². The number of nitrogens with one attached hydrogen (secondary N) is 3. The molecule has 0 fully saturated rings. The van der Waals surface area contributed by atoms with Gasteiger partial charge in [0.05, 0.1) is 18.3 Å². The van der Waals surface area contributed by atoms with E-state index in [-0.39, 0.29) is 12.5 Å². The third-order valence-electron chi connectivity index (χ3n) is 4.29. The zero-order valence-corrected chi connectivity index (χ0v) is 14.9. The second kappa shape index (κ2) is 7.22. The van der Waals surface area contributed by atoms with Crippen LogP contribution in [0.5, 0.6) is 0 Å². The van der Waals surface area contributed by atoms with Crippen LogP contribution >= 0.6 is 11.6 Å². The summed E-state index contributed by atoms with van der Waals surface area (Å²) in [4.78, 5) is 27.1. The first-order valence-corrected chi connectivity index (χ1v) is 8.67. The average Bonchev–Trinajstić information content (AvgIpc) is 3.35. The molecule has 4 aromatic rings. The van der Waals surface area contributed by atoms with Gasteiger partial charge in [0.25, 0.3) is 5.91 Å². The van der Waals surface area contributed by atoms with E-state index < -0.39 is 6.04 Å². The lowest BCUT2D eigenvalue weighted by molar-refractivity contribution is 0.0912. The van der Waals surface area contributed by atoms with Crippen molar-refractivity contribution in [2.45, 2.75) is 6.04 Å². The molecule has 1 amide bonds. The van der Waals surface area contributed by atoms with Gasteiger partial charge in [-0.15, -0.1) is 0 Å². The number of rotatable bonds is 5. The summed E-state index contributed by atoms with van der Waals surface area (Å²) < 4.78 is 0. The number of amides is 1. The smallest absolute Gasteiger partial charge is 0.268 e. The number of nitrogens with zero attached hydrogens (tertiary/aromatic N) is 2. The minimum atomic E-state index is -0.557. The van der Waals surface area contributed by atoms with E-state index in [1.807, 2.05) is 6.07 Å². The number of H-pyrrole nitrogens is 2. The molecule has 0 radical (unpaired) electrons. The first kappa shape index (κ1) is 17.3. The molecule has 3 heterocycles. The summed E-state index contributed by atoms with van der Waals surface area (Å²) in [6.45, 7) is -0.241. The van der Waals surface area contributed by atoms with Gasteiger partial charge in [-0.3, -0.25) is 4.79 Å². The molecule has 4 rings (SSSR count). The molecule has 1 unspecified atom stereocenters. The second-order valence-corrected chi connectivity index (χ2v) is 6.46. The van der Waals surface area contributed by atoms with E-state index in [2.05, 4.69) is 25.3 Å². The topological polar surface area (TPSA) is 107 Å². The molecule has 136 valence electrons. The predicted molar refractivity (Wildman–Crippen MR) is 102 cm³/mol. The Bertz CT molecular complexity index is 1100. The molecule has 3 aromatic heterocycles. The van der Waals surface area contributed by atoms with E-state index >= 15 is 0 Å². The number of aromatic nitrogens is 4. The molecule has 7 nitrogen and oxygen atoms in total. The highest BCUT2D eigenvalue weighted by Gasteiger charge is 2.18. The van der Waals surface area contributed by atoms with E-state index in [4.69, 9.17) is 11.6 Å². The number of aliphatic hydroxyl groups excluding tert-OH is 1. The first-order chi connectivity index (χ1) is 13.2. The Hall–Kier alpha value is -3.16. The number of hydrogen-bond donors (Lipinski definition) is 4. The van der Waals surface area contributed by atoms with Crippen molar-refractivity contribution in [2.75, 3.05) is 6.61 Å². The van der Waals surface area contributed by atoms with Gasteiger partial charge >= 0.3 is 0 Å². The molecule has 0 bridgehead atoms. The Morgan fingerprint density at radius 1 is 1.22 bits per heavy atom. The average molecular weight is 382 g/mol. The van der Waals surface area contributed by atoms with Crippen molar-refractivity contribution < 1.29 is 9.90 Å². The zero-order chi connectivity index (χ0) is 18.8. The Morgan fingerprint density at radius 2 is 2.11 bits per heavy atom. The van der Waals surface area contributed by atoms with Crippen LogP contribution in [0.2, 0.25) is 5.02 Å². The molecular weight excluding hydrogens is 366 g/mol. The fraction of sp³-hybridized carbons (Fsp3) is 0.105. The summed E-state index contributed by atoms with van der Waals surface area (Å²) in [5.74, 6) is -0.334. The Kier molecular flexibility index (Phi) is 4.62. The number of hydrogen-bond acceptors (Lipinski definition) is 4. The van der Waals surface area contributed by atoms with Gasteiger partial charge in [0, 0.05) is 28.4 Å². The van der Waals surface area contributed by atoms with Crippen LogP contribution in [0.25, 0.3) is 22.3 Å². The fourth-order valence-corrected chi connectivity index (χ4v) is 3.16. The molecule has 0 saturated heterocycles. The zero-order valence-electron chi connectivity index (χ0n) is 14.1. The van der Waals surface area contributed by atoms with Gasteiger partial charge in [-0.2, -0.15) is 0 Å². The molecule has 0 spiro atoms. The number of benzene rings is 1. The van der Waals surface area contributed by atoms with Crippen LogP contribution in [0.3, 0.4) is 0 Å². The molecule has 1 atom stereocenters. The summed E-state index contributed by atoms with van der Waals surface area (Å²) in [5, 5.41) is 13.9. The summed E-state index contributed by atoms with van der Waals surface area (Å²) in [5.41, 5.74) is 3.33. The van der Waals surface area contributed by atoms with Gasteiger partial charge in [0.15, 0.2) is 0 Å². The van der Waals surface area contributed by atoms with E-state index in [0.717, 1.165) is 27.9 Å². The maximum Gasteiger partial charge on any atom is 0.268 e. The molecule has 0 aliphatic heterocycles. The molecular formula is C19H16ClN5O2. The van der Waals surface area contributed by atoms with Crippen molar-refractivity contribution in [1.82, 2.24) is 25.3 Å². The van der Waals surface area contributed by atoms with Crippen molar-refractivity contribution >= 4 is 28.5 Å². The van der Waals surface area contributed by atoms with Crippen LogP contribution in [-0.4, -0.2) is 37.6 Å². The molecule has 8 heteroatoms. The minimum absolute atomic E-state index is 0.241. The second-order valence-electron chi connectivity index (χ2n) is 6.03. The number of halogens is 1. The largest absolute Gasteiger partial charge is 0.394 e. The summed E-state index contributed by atoms with van der Waals surface area (Å²) in [7, 11) is 0. The van der Waals surface area contributed by atoms with Gasteiger partial charge in [0.1, 0.15) is 17.7 Å². The molecule has 4 N–H and O–H groups in total. The van der Waals surface area contributed by atoms with Gasteiger partial charge in [-0.1, -0.05) is 23.7 Å². The van der Waals surface area contributed by atoms with Crippen molar-refractivity contribution in [3.8, 4) is 11.3 Å². The standard InChI is InChI=1S/C19H16ClN5O2/c20-13-3-1-2-11(6-13)16(9-26)25-19(27)15-7-12(8-22-15)17-14-4-5-21-18(14)24-10-23-17/h1-8,10,16,22,26H,9H2,(H,25,27)(H,21,23,24). The highest BCUT2D eigenvalue weighted by atomic mass is 35.5. The van der Waals surface area contributed by atoms with E-state index in [9.17, 15) is 9.90 Å². The molecule has 1 aromatic carbocycles. The fourth-order valence-electron chi connectivity index (χ4n) is 2.96.